The molecule has 1 aliphatic heterocycles. The zero-order chi connectivity index (χ0) is 20.3. The molecular formula is C21H25N9. The van der Waals surface area contributed by atoms with Crippen molar-refractivity contribution in [3.8, 4) is 11.3 Å². The molecule has 1 N–H and O–H groups in total. The maximum atomic E-state index is 4.65. The predicted molar refractivity (Wildman–Crippen MR) is 114 cm³/mol. The van der Waals surface area contributed by atoms with E-state index in [1.165, 1.54) is 25.7 Å². The number of rotatable bonds is 5. The smallest absolute Gasteiger partial charge is 0.228 e. The van der Waals surface area contributed by atoms with Crippen LogP contribution in [0.3, 0.4) is 0 Å². The Morgan fingerprint density at radius 3 is 2.67 bits per heavy atom. The van der Waals surface area contributed by atoms with Crippen LogP contribution in [0, 0.1) is 0 Å². The van der Waals surface area contributed by atoms with Gasteiger partial charge in [-0.15, -0.1) is 10.2 Å². The summed E-state index contributed by atoms with van der Waals surface area (Å²) in [5.41, 5.74) is 2.64. The first-order chi connectivity index (χ1) is 14.8. The normalized spacial score (nSPS) is 15.4. The van der Waals surface area contributed by atoms with Gasteiger partial charge in [0.05, 0.1) is 18.4 Å². The fourth-order valence-electron chi connectivity index (χ4n) is 3.89. The zero-order valence-corrected chi connectivity index (χ0v) is 17.1. The van der Waals surface area contributed by atoms with Crippen LogP contribution in [0.2, 0.25) is 0 Å². The van der Waals surface area contributed by atoms with Gasteiger partial charge in [-0.2, -0.15) is 5.10 Å². The number of fused-ring (bicyclic) bond motifs is 1. The molecular weight excluding hydrogens is 378 g/mol. The topological polar surface area (TPSA) is 89.1 Å². The minimum absolute atomic E-state index is 0.527. The molecule has 0 radical (unpaired) electrons. The standard InChI is InChI=1S/C21H25N9/c1-28-18(7-10-23-28)25-21-22-9-6-17(24-21)16-8-13-30-19(14-16)26-27-20(30)15-29-11-4-2-3-5-12-29/h6-10,13-14H,2-5,11-12,15H2,1H3,(H,22,24,25). The number of nitrogens with one attached hydrogen (secondary N) is 1. The monoisotopic (exact) mass is 403 g/mol. The van der Waals surface area contributed by atoms with Gasteiger partial charge in [0.2, 0.25) is 5.95 Å². The highest BCUT2D eigenvalue weighted by molar-refractivity contribution is 5.65. The van der Waals surface area contributed by atoms with E-state index in [4.69, 9.17) is 0 Å². The molecule has 5 rings (SSSR count). The molecule has 0 amide bonds. The molecule has 0 bridgehead atoms. The van der Waals surface area contributed by atoms with Crippen molar-refractivity contribution in [1.29, 1.82) is 0 Å². The van der Waals surface area contributed by atoms with Gasteiger partial charge in [-0.05, 0) is 44.1 Å². The van der Waals surface area contributed by atoms with Gasteiger partial charge in [-0.3, -0.25) is 14.0 Å². The third kappa shape index (κ3) is 3.88. The van der Waals surface area contributed by atoms with Crippen LogP contribution in [0.15, 0.2) is 42.9 Å². The van der Waals surface area contributed by atoms with Gasteiger partial charge in [0.25, 0.3) is 0 Å². The summed E-state index contributed by atoms with van der Waals surface area (Å²) in [4.78, 5) is 11.4. The third-order valence-electron chi connectivity index (χ3n) is 5.56. The van der Waals surface area contributed by atoms with Crippen LogP contribution in [0.4, 0.5) is 11.8 Å². The maximum Gasteiger partial charge on any atom is 0.228 e. The lowest BCUT2D eigenvalue weighted by molar-refractivity contribution is 0.269. The van der Waals surface area contributed by atoms with Gasteiger partial charge in [-0.1, -0.05) is 12.8 Å². The van der Waals surface area contributed by atoms with Gasteiger partial charge in [0.1, 0.15) is 5.82 Å². The number of likely N-dealkylation sites (tertiary alicyclic amines) is 1. The quantitative estimate of drug-likeness (QED) is 0.548. The van der Waals surface area contributed by atoms with Crippen molar-refractivity contribution in [2.45, 2.75) is 32.2 Å². The fourth-order valence-corrected chi connectivity index (χ4v) is 3.89. The summed E-state index contributed by atoms with van der Waals surface area (Å²) in [5, 5.41) is 16.2. The molecule has 0 unspecified atom stereocenters. The minimum Gasteiger partial charge on any atom is -0.309 e. The van der Waals surface area contributed by atoms with Crippen LogP contribution in [0.25, 0.3) is 16.9 Å². The lowest BCUT2D eigenvalue weighted by Gasteiger charge is -2.18. The molecule has 0 aromatic carbocycles. The molecule has 0 aliphatic carbocycles. The minimum atomic E-state index is 0.527. The summed E-state index contributed by atoms with van der Waals surface area (Å²) in [6, 6.07) is 7.85. The van der Waals surface area contributed by atoms with Gasteiger partial charge in [0, 0.05) is 31.1 Å². The Kier molecular flexibility index (Phi) is 5.10. The molecule has 1 fully saturated rings. The molecule has 0 atom stereocenters. The maximum absolute atomic E-state index is 4.65. The molecule has 9 heteroatoms. The Labute approximate surface area is 174 Å². The summed E-state index contributed by atoms with van der Waals surface area (Å²) in [7, 11) is 1.87. The molecule has 5 heterocycles. The largest absolute Gasteiger partial charge is 0.309 e. The molecule has 154 valence electrons. The van der Waals surface area contributed by atoms with E-state index in [9.17, 15) is 0 Å². The van der Waals surface area contributed by atoms with Crippen molar-refractivity contribution in [2.24, 2.45) is 7.05 Å². The second-order valence-electron chi connectivity index (χ2n) is 7.68. The molecule has 1 saturated heterocycles. The van der Waals surface area contributed by atoms with E-state index >= 15 is 0 Å². The average molecular weight is 403 g/mol. The van der Waals surface area contributed by atoms with E-state index in [-0.39, 0.29) is 0 Å². The number of anilines is 2. The van der Waals surface area contributed by atoms with E-state index in [0.29, 0.717) is 5.95 Å². The Hall–Kier alpha value is -3.33. The van der Waals surface area contributed by atoms with Crippen LogP contribution in [-0.4, -0.2) is 52.3 Å². The number of hydrogen-bond acceptors (Lipinski definition) is 7. The molecule has 30 heavy (non-hydrogen) atoms. The molecule has 0 spiro atoms. The van der Waals surface area contributed by atoms with Gasteiger partial charge in [0.15, 0.2) is 11.5 Å². The third-order valence-corrected chi connectivity index (χ3v) is 5.56. The van der Waals surface area contributed by atoms with Crippen LogP contribution in [0.1, 0.15) is 31.5 Å². The fraction of sp³-hybridized carbons (Fsp3) is 0.381. The average Bonchev–Trinajstić information content (AvgIpc) is 3.25. The van der Waals surface area contributed by atoms with Crippen molar-refractivity contribution in [3.05, 3.63) is 48.7 Å². The molecule has 9 nitrogen and oxygen atoms in total. The Morgan fingerprint density at radius 2 is 1.87 bits per heavy atom. The van der Waals surface area contributed by atoms with Crippen molar-refractivity contribution >= 4 is 17.4 Å². The first-order valence-electron chi connectivity index (χ1n) is 10.4. The summed E-state index contributed by atoms with van der Waals surface area (Å²) in [5.74, 6) is 2.34. The van der Waals surface area contributed by atoms with Crippen molar-refractivity contribution in [1.82, 2.24) is 39.2 Å². The number of pyridine rings is 1. The van der Waals surface area contributed by atoms with E-state index in [1.807, 2.05) is 31.4 Å². The van der Waals surface area contributed by atoms with Gasteiger partial charge >= 0.3 is 0 Å². The SMILES string of the molecule is Cn1nccc1Nc1nccc(-c2ccn3c(CN4CCCCCC4)nnc3c2)n1. The molecule has 0 saturated carbocycles. The van der Waals surface area contributed by atoms with Gasteiger partial charge in [-0.25, -0.2) is 9.97 Å². The first-order valence-corrected chi connectivity index (χ1v) is 10.4. The van der Waals surface area contributed by atoms with Gasteiger partial charge < -0.3 is 5.32 Å². The predicted octanol–water partition coefficient (Wildman–Crippen LogP) is 3.04. The summed E-state index contributed by atoms with van der Waals surface area (Å²) < 4.78 is 3.81. The van der Waals surface area contributed by atoms with E-state index < -0.39 is 0 Å². The molecule has 4 aromatic heterocycles. The van der Waals surface area contributed by atoms with Crippen molar-refractivity contribution in [3.63, 3.8) is 0 Å². The molecule has 4 aromatic rings. The summed E-state index contributed by atoms with van der Waals surface area (Å²) >= 11 is 0. The van der Waals surface area contributed by atoms with Crippen LogP contribution in [0.5, 0.6) is 0 Å². The van der Waals surface area contributed by atoms with E-state index in [2.05, 4.69) is 45.9 Å². The summed E-state index contributed by atoms with van der Waals surface area (Å²) in [6.07, 6.45) is 10.7. The number of aryl methyl sites for hydroxylation is 1. The number of aromatic nitrogens is 7. The van der Waals surface area contributed by atoms with E-state index in [0.717, 1.165) is 48.2 Å². The van der Waals surface area contributed by atoms with Crippen LogP contribution in [-0.2, 0) is 13.6 Å². The molecule has 1 aliphatic rings. The highest BCUT2D eigenvalue weighted by Crippen LogP contribution is 2.21. The van der Waals surface area contributed by atoms with E-state index in [1.54, 1.807) is 17.1 Å². The Morgan fingerprint density at radius 1 is 1.00 bits per heavy atom. The highest BCUT2D eigenvalue weighted by atomic mass is 15.3. The number of hydrogen-bond donors (Lipinski definition) is 1. The summed E-state index contributed by atoms with van der Waals surface area (Å²) in [6.45, 7) is 3.12. The van der Waals surface area contributed by atoms with Crippen molar-refractivity contribution in [2.75, 3.05) is 18.4 Å². The lowest BCUT2D eigenvalue weighted by Crippen LogP contribution is -2.25. The second kappa shape index (κ2) is 8.19. The second-order valence-corrected chi connectivity index (χ2v) is 7.68. The van der Waals surface area contributed by atoms with Crippen LogP contribution < -0.4 is 5.32 Å². The highest BCUT2D eigenvalue weighted by Gasteiger charge is 2.14. The van der Waals surface area contributed by atoms with Crippen molar-refractivity contribution < 1.29 is 0 Å². The van der Waals surface area contributed by atoms with Crippen LogP contribution >= 0.6 is 0 Å². The Balaban J connectivity index is 1.38. The zero-order valence-electron chi connectivity index (χ0n) is 17.1. The Bertz CT molecular complexity index is 1140. The number of nitrogens with zero attached hydrogens (tertiary/aromatic N) is 8. The first kappa shape index (κ1) is 18.7. The lowest BCUT2D eigenvalue weighted by atomic mass is 10.2.